The van der Waals surface area contributed by atoms with Crippen molar-refractivity contribution in [2.45, 2.75) is 28.7 Å². The molecule has 1 fully saturated rings. The molecule has 0 bridgehead atoms. The summed E-state index contributed by atoms with van der Waals surface area (Å²) in [6.45, 7) is 1.94. The van der Waals surface area contributed by atoms with E-state index in [0.717, 1.165) is 42.5 Å². The minimum absolute atomic E-state index is 0. The quantitative estimate of drug-likeness (QED) is 0.701. The van der Waals surface area contributed by atoms with E-state index in [4.69, 9.17) is 0 Å². The molecule has 1 saturated heterocycles. The maximum Gasteiger partial charge on any atom is 0.208 e. The highest BCUT2D eigenvalue weighted by Gasteiger charge is 2.22. The number of benzene rings is 2. The minimum Gasteiger partial charge on any atom is -0.370 e. The molecule has 3 aromatic rings. The summed E-state index contributed by atoms with van der Waals surface area (Å²) in [5.41, 5.74) is 1.93. The van der Waals surface area contributed by atoms with Crippen LogP contribution in [0.25, 0.3) is 10.9 Å². The third-order valence-corrected chi connectivity index (χ3v) is 7.01. The van der Waals surface area contributed by atoms with Gasteiger partial charge in [-0.25, -0.2) is 8.42 Å². The minimum atomic E-state index is -3.56. The molecule has 0 aliphatic carbocycles. The molecule has 7 heteroatoms. The SMILES string of the molecule is CNC1CCN(c2cccc3cc(S(=O)(=O)c4ccccc4)cnc23)CC1.Cl. The van der Waals surface area contributed by atoms with E-state index in [-0.39, 0.29) is 22.2 Å². The molecule has 0 radical (unpaired) electrons. The number of halogens is 1. The van der Waals surface area contributed by atoms with Crippen LogP contribution in [0.4, 0.5) is 5.69 Å². The monoisotopic (exact) mass is 417 g/mol. The molecule has 1 aliphatic rings. The Balaban J connectivity index is 0.00000225. The molecule has 0 saturated carbocycles. The summed E-state index contributed by atoms with van der Waals surface area (Å²) in [5.74, 6) is 0. The third-order valence-electron chi connectivity index (χ3n) is 5.27. The van der Waals surface area contributed by atoms with E-state index >= 15 is 0 Å². The van der Waals surface area contributed by atoms with Gasteiger partial charge in [-0.2, -0.15) is 0 Å². The van der Waals surface area contributed by atoms with E-state index in [2.05, 4.69) is 21.3 Å². The van der Waals surface area contributed by atoms with Gasteiger partial charge in [0, 0.05) is 30.7 Å². The molecular formula is C21H24ClN3O2S. The van der Waals surface area contributed by atoms with Crippen LogP contribution >= 0.6 is 12.4 Å². The Morgan fingerprint density at radius 2 is 1.71 bits per heavy atom. The first-order valence-corrected chi connectivity index (χ1v) is 10.7. The van der Waals surface area contributed by atoms with Crippen molar-refractivity contribution >= 4 is 38.8 Å². The van der Waals surface area contributed by atoms with Crippen LogP contribution in [0.15, 0.2) is 70.6 Å². The number of nitrogens with zero attached hydrogens (tertiary/aromatic N) is 2. The number of sulfone groups is 1. The number of nitrogens with one attached hydrogen (secondary N) is 1. The number of aromatic nitrogens is 1. The molecule has 0 spiro atoms. The number of piperidine rings is 1. The van der Waals surface area contributed by atoms with Gasteiger partial charge in [0.2, 0.25) is 9.84 Å². The molecule has 0 atom stereocenters. The molecule has 1 aliphatic heterocycles. The Morgan fingerprint density at radius 3 is 2.39 bits per heavy atom. The van der Waals surface area contributed by atoms with Gasteiger partial charge in [-0.15, -0.1) is 12.4 Å². The van der Waals surface area contributed by atoms with Crippen LogP contribution in [0.5, 0.6) is 0 Å². The van der Waals surface area contributed by atoms with Gasteiger partial charge in [-0.3, -0.25) is 4.98 Å². The molecule has 4 rings (SSSR count). The van der Waals surface area contributed by atoms with Gasteiger partial charge < -0.3 is 10.2 Å². The third kappa shape index (κ3) is 3.85. The zero-order valence-corrected chi connectivity index (χ0v) is 17.3. The van der Waals surface area contributed by atoms with Gasteiger partial charge >= 0.3 is 0 Å². The fourth-order valence-electron chi connectivity index (χ4n) is 3.67. The summed E-state index contributed by atoms with van der Waals surface area (Å²) < 4.78 is 25.8. The maximum atomic E-state index is 12.9. The lowest BCUT2D eigenvalue weighted by Crippen LogP contribution is -2.41. The summed E-state index contributed by atoms with van der Waals surface area (Å²) in [4.78, 5) is 7.41. The highest BCUT2D eigenvalue weighted by atomic mass is 35.5. The highest BCUT2D eigenvalue weighted by Crippen LogP contribution is 2.30. The standard InChI is InChI=1S/C21H23N3O2S.ClH/c1-22-17-10-12-24(13-11-17)20-9-5-6-16-14-19(15-23-21(16)20)27(25,26)18-7-3-2-4-8-18;/h2-9,14-15,17,22H,10-13H2,1H3;1H. The number of rotatable bonds is 4. The van der Waals surface area contributed by atoms with Gasteiger partial charge in [0.15, 0.2) is 0 Å². The number of anilines is 1. The average molecular weight is 418 g/mol. The first kappa shape index (κ1) is 20.6. The Kier molecular flexibility index (Phi) is 6.23. The van der Waals surface area contributed by atoms with Crippen LogP contribution < -0.4 is 10.2 Å². The van der Waals surface area contributed by atoms with Crippen molar-refractivity contribution in [1.82, 2.24) is 10.3 Å². The molecule has 2 aromatic carbocycles. The number of hydrogen-bond donors (Lipinski definition) is 1. The van der Waals surface area contributed by atoms with Crippen LogP contribution in [0.1, 0.15) is 12.8 Å². The van der Waals surface area contributed by atoms with E-state index in [0.29, 0.717) is 6.04 Å². The molecule has 5 nitrogen and oxygen atoms in total. The smallest absolute Gasteiger partial charge is 0.208 e. The lowest BCUT2D eigenvalue weighted by atomic mass is 10.0. The van der Waals surface area contributed by atoms with E-state index in [1.807, 2.05) is 19.2 Å². The lowest BCUT2D eigenvalue weighted by molar-refractivity contribution is 0.443. The first-order valence-electron chi connectivity index (χ1n) is 9.21. The second-order valence-electron chi connectivity index (χ2n) is 6.89. The summed E-state index contributed by atoms with van der Waals surface area (Å²) in [5, 5.41) is 4.19. The topological polar surface area (TPSA) is 62.3 Å². The summed E-state index contributed by atoms with van der Waals surface area (Å²) in [7, 11) is -1.55. The number of hydrogen-bond acceptors (Lipinski definition) is 5. The largest absolute Gasteiger partial charge is 0.370 e. The molecule has 1 N–H and O–H groups in total. The average Bonchev–Trinajstić information content (AvgIpc) is 2.73. The number of para-hydroxylation sites is 1. The van der Waals surface area contributed by atoms with Gasteiger partial charge in [0.1, 0.15) is 0 Å². The lowest BCUT2D eigenvalue weighted by Gasteiger charge is -2.33. The molecule has 0 unspecified atom stereocenters. The van der Waals surface area contributed by atoms with Crippen LogP contribution in [0, 0.1) is 0 Å². The Labute approximate surface area is 172 Å². The highest BCUT2D eigenvalue weighted by molar-refractivity contribution is 7.91. The van der Waals surface area contributed by atoms with Crippen LogP contribution in [0.3, 0.4) is 0 Å². The summed E-state index contributed by atoms with van der Waals surface area (Å²) >= 11 is 0. The predicted octanol–water partition coefficient (Wildman–Crippen LogP) is 3.68. The van der Waals surface area contributed by atoms with Gasteiger partial charge in [-0.1, -0.05) is 30.3 Å². The Morgan fingerprint density at radius 1 is 1.00 bits per heavy atom. The second-order valence-corrected chi connectivity index (χ2v) is 8.84. The van der Waals surface area contributed by atoms with Gasteiger partial charge in [0.25, 0.3) is 0 Å². The van der Waals surface area contributed by atoms with Crippen LogP contribution in [-0.4, -0.2) is 39.6 Å². The van der Waals surface area contributed by atoms with Crippen molar-refractivity contribution in [1.29, 1.82) is 0 Å². The molecular weight excluding hydrogens is 394 g/mol. The maximum absolute atomic E-state index is 12.9. The Bertz CT molecular complexity index is 1050. The van der Waals surface area contributed by atoms with Gasteiger partial charge in [-0.05, 0) is 44.2 Å². The fraction of sp³-hybridized carbons (Fsp3) is 0.286. The van der Waals surface area contributed by atoms with E-state index in [9.17, 15) is 8.42 Å². The molecule has 0 amide bonds. The van der Waals surface area contributed by atoms with Crippen molar-refractivity contribution in [3.05, 3.63) is 60.8 Å². The molecule has 28 heavy (non-hydrogen) atoms. The number of pyridine rings is 1. The van der Waals surface area contributed by atoms with Crippen molar-refractivity contribution in [2.24, 2.45) is 0 Å². The second kappa shape index (κ2) is 8.47. The Hall–Kier alpha value is -2.15. The van der Waals surface area contributed by atoms with E-state index < -0.39 is 9.84 Å². The zero-order valence-electron chi connectivity index (χ0n) is 15.7. The number of fused-ring (bicyclic) bond motifs is 1. The summed E-state index contributed by atoms with van der Waals surface area (Å²) in [6, 6.07) is 16.8. The molecule has 148 valence electrons. The zero-order chi connectivity index (χ0) is 18.9. The van der Waals surface area contributed by atoms with Crippen molar-refractivity contribution in [3.63, 3.8) is 0 Å². The first-order chi connectivity index (χ1) is 13.1. The van der Waals surface area contributed by atoms with Crippen molar-refractivity contribution in [2.75, 3.05) is 25.0 Å². The van der Waals surface area contributed by atoms with Crippen LogP contribution in [-0.2, 0) is 9.84 Å². The summed E-state index contributed by atoms with van der Waals surface area (Å²) in [6.07, 6.45) is 3.66. The van der Waals surface area contributed by atoms with Crippen molar-refractivity contribution < 1.29 is 8.42 Å². The van der Waals surface area contributed by atoms with E-state index in [1.54, 1.807) is 36.4 Å². The molecule has 2 heterocycles. The normalized spacial score (nSPS) is 15.4. The van der Waals surface area contributed by atoms with Gasteiger partial charge in [0.05, 0.1) is 21.0 Å². The fourth-order valence-corrected chi connectivity index (χ4v) is 4.93. The molecule has 1 aromatic heterocycles. The van der Waals surface area contributed by atoms with Crippen molar-refractivity contribution in [3.8, 4) is 0 Å². The predicted molar refractivity (Wildman–Crippen MR) is 115 cm³/mol. The van der Waals surface area contributed by atoms with E-state index in [1.165, 1.54) is 6.20 Å². The van der Waals surface area contributed by atoms with Crippen LogP contribution in [0.2, 0.25) is 0 Å².